The van der Waals surface area contributed by atoms with Crippen LogP contribution in [0.3, 0.4) is 0 Å². The number of anilines is 1. The number of aromatic nitrogens is 1. The minimum absolute atomic E-state index is 0.284. The van der Waals surface area contributed by atoms with Gasteiger partial charge in [0.15, 0.2) is 11.6 Å². The molecule has 0 aliphatic heterocycles. The first kappa shape index (κ1) is 15.7. The summed E-state index contributed by atoms with van der Waals surface area (Å²) in [4.78, 5) is 5.92. The first-order valence-electron chi connectivity index (χ1n) is 6.92. The summed E-state index contributed by atoms with van der Waals surface area (Å²) in [5, 5.41) is 3.80. The van der Waals surface area contributed by atoms with Crippen molar-refractivity contribution in [2.24, 2.45) is 0 Å². The molecule has 0 saturated carbocycles. The van der Waals surface area contributed by atoms with E-state index in [9.17, 15) is 4.39 Å². The molecule has 3 nitrogen and oxygen atoms in total. The summed E-state index contributed by atoms with van der Waals surface area (Å²) < 4.78 is 14.5. The summed E-state index contributed by atoms with van der Waals surface area (Å²) >= 11 is 6.14. The van der Waals surface area contributed by atoms with Gasteiger partial charge in [0.05, 0.1) is 0 Å². The second-order valence-corrected chi connectivity index (χ2v) is 5.24. The molecule has 0 fully saturated rings. The number of hydrogen-bond acceptors (Lipinski definition) is 3. The summed E-state index contributed by atoms with van der Waals surface area (Å²) in [5.41, 5.74) is 1.56. The Hall–Kier alpha value is -1.65. The molecule has 5 heteroatoms. The number of nitrogens with one attached hydrogen (secondary N) is 1. The van der Waals surface area contributed by atoms with Crippen LogP contribution < -0.4 is 10.2 Å². The van der Waals surface area contributed by atoms with E-state index in [1.54, 1.807) is 17.2 Å². The van der Waals surface area contributed by atoms with Crippen LogP contribution in [0.25, 0.3) is 0 Å². The van der Waals surface area contributed by atoms with Crippen LogP contribution in [0.4, 0.5) is 10.2 Å². The van der Waals surface area contributed by atoms with Gasteiger partial charge in [-0.15, -0.1) is 0 Å². The number of benzene rings is 1. The molecular formula is C16H19ClFN3. The van der Waals surface area contributed by atoms with Gasteiger partial charge in [0.1, 0.15) is 0 Å². The van der Waals surface area contributed by atoms with Crippen LogP contribution in [0.5, 0.6) is 0 Å². The SMILES string of the molecule is CCNCc1ccnc(N(C)Cc2ccccc2Cl)c1F. The summed E-state index contributed by atoms with van der Waals surface area (Å²) in [6.07, 6.45) is 1.63. The Bertz CT molecular complexity index is 604. The molecule has 0 atom stereocenters. The van der Waals surface area contributed by atoms with Gasteiger partial charge in [-0.2, -0.15) is 0 Å². The predicted octanol–water partition coefficient (Wildman–Crippen LogP) is 3.62. The molecule has 1 aromatic carbocycles. The highest BCUT2D eigenvalue weighted by atomic mass is 35.5. The Labute approximate surface area is 129 Å². The Kier molecular flexibility index (Phi) is 5.53. The van der Waals surface area contributed by atoms with Gasteiger partial charge in [-0.1, -0.05) is 36.7 Å². The molecule has 0 aliphatic carbocycles. The minimum Gasteiger partial charge on any atom is -0.353 e. The smallest absolute Gasteiger partial charge is 0.170 e. The van der Waals surface area contributed by atoms with Crippen molar-refractivity contribution in [2.45, 2.75) is 20.0 Å². The zero-order valence-electron chi connectivity index (χ0n) is 12.2. The van der Waals surface area contributed by atoms with Crippen molar-refractivity contribution in [3.05, 3.63) is 58.5 Å². The van der Waals surface area contributed by atoms with Crippen LogP contribution in [0, 0.1) is 5.82 Å². The molecule has 2 aromatic rings. The number of nitrogens with zero attached hydrogens (tertiary/aromatic N) is 2. The second-order valence-electron chi connectivity index (χ2n) is 4.84. The Morgan fingerprint density at radius 2 is 2.00 bits per heavy atom. The van der Waals surface area contributed by atoms with Crippen LogP contribution >= 0.6 is 11.6 Å². The first-order chi connectivity index (χ1) is 10.1. The van der Waals surface area contributed by atoms with Gasteiger partial charge in [-0.3, -0.25) is 0 Å². The monoisotopic (exact) mass is 307 g/mol. The molecule has 0 amide bonds. The fourth-order valence-electron chi connectivity index (χ4n) is 2.09. The van der Waals surface area contributed by atoms with Crippen LogP contribution in [0.15, 0.2) is 36.5 Å². The zero-order chi connectivity index (χ0) is 15.2. The molecule has 21 heavy (non-hydrogen) atoms. The van der Waals surface area contributed by atoms with E-state index in [2.05, 4.69) is 10.3 Å². The van der Waals surface area contributed by atoms with Crippen LogP contribution in [0.1, 0.15) is 18.1 Å². The highest BCUT2D eigenvalue weighted by Crippen LogP contribution is 2.22. The minimum atomic E-state index is -0.284. The molecule has 1 aromatic heterocycles. The van der Waals surface area contributed by atoms with Gasteiger partial charge in [-0.25, -0.2) is 9.37 Å². The van der Waals surface area contributed by atoms with Crippen LogP contribution in [-0.2, 0) is 13.1 Å². The summed E-state index contributed by atoms with van der Waals surface area (Å²) in [5.74, 6) is 0.0540. The van der Waals surface area contributed by atoms with Crippen LogP contribution in [0.2, 0.25) is 5.02 Å². The molecule has 1 N–H and O–H groups in total. The molecule has 112 valence electrons. The van der Waals surface area contributed by atoms with Crippen molar-refractivity contribution < 1.29 is 4.39 Å². The van der Waals surface area contributed by atoms with E-state index in [0.29, 0.717) is 29.5 Å². The van der Waals surface area contributed by atoms with Gasteiger partial charge in [0, 0.05) is 36.9 Å². The highest BCUT2D eigenvalue weighted by Gasteiger charge is 2.14. The third-order valence-electron chi connectivity index (χ3n) is 3.24. The quantitative estimate of drug-likeness (QED) is 0.883. The van der Waals surface area contributed by atoms with Crippen molar-refractivity contribution in [3.63, 3.8) is 0 Å². The number of hydrogen-bond donors (Lipinski definition) is 1. The molecule has 0 aliphatic rings. The lowest BCUT2D eigenvalue weighted by atomic mass is 10.2. The maximum Gasteiger partial charge on any atom is 0.170 e. The summed E-state index contributed by atoms with van der Waals surface area (Å²) in [6, 6.07) is 9.25. The summed E-state index contributed by atoms with van der Waals surface area (Å²) in [6.45, 7) is 3.79. The maximum absolute atomic E-state index is 14.5. The lowest BCUT2D eigenvalue weighted by Crippen LogP contribution is -2.21. The Morgan fingerprint density at radius 3 is 2.71 bits per heavy atom. The van der Waals surface area contributed by atoms with Crippen molar-refractivity contribution in [1.82, 2.24) is 10.3 Å². The maximum atomic E-state index is 14.5. The van der Waals surface area contributed by atoms with Gasteiger partial charge in [-0.05, 0) is 24.2 Å². The van der Waals surface area contributed by atoms with E-state index in [-0.39, 0.29) is 5.82 Å². The second kappa shape index (κ2) is 7.38. The molecule has 0 spiro atoms. The van der Waals surface area contributed by atoms with Crippen molar-refractivity contribution >= 4 is 17.4 Å². The fraction of sp³-hybridized carbons (Fsp3) is 0.312. The molecule has 0 unspecified atom stereocenters. The Morgan fingerprint density at radius 1 is 1.24 bits per heavy atom. The standard InChI is InChI=1S/C16H19ClFN3/c1-3-19-10-12-8-9-20-16(15(12)18)21(2)11-13-6-4-5-7-14(13)17/h4-9,19H,3,10-11H2,1-2H3. The third kappa shape index (κ3) is 3.93. The Balaban J connectivity index is 2.19. The first-order valence-corrected chi connectivity index (χ1v) is 7.30. The molecule has 1 heterocycles. The average Bonchev–Trinajstić information content (AvgIpc) is 2.48. The van der Waals surface area contributed by atoms with Gasteiger partial charge >= 0.3 is 0 Å². The van der Waals surface area contributed by atoms with E-state index >= 15 is 0 Å². The van der Waals surface area contributed by atoms with Gasteiger partial charge in [0.25, 0.3) is 0 Å². The lowest BCUT2D eigenvalue weighted by molar-refractivity contribution is 0.583. The normalized spacial score (nSPS) is 10.7. The number of halogens is 2. The molecule has 0 saturated heterocycles. The predicted molar refractivity (Wildman–Crippen MR) is 85.1 cm³/mol. The topological polar surface area (TPSA) is 28.2 Å². The van der Waals surface area contributed by atoms with Gasteiger partial charge < -0.3 is 10.2 Å². The lowest BCUT2D eigenvalue weighted by Gasteiger charge is -2.20. The molecular weight excluding hydrogens is 289 g/mol. The molecule has 0 bridgehead atoms. The average molecular weight is 308 g/mol. The molecule has 0 radical (unpaired) electrons. The van der Waals surface area contributed by atoms with Crippen LogP contribution in [-0.4, -0.2) is 18.6 Å². The highest BCUT2D eigenvalue weighted by molar-refractivity contribution is 6.31. The molecule has 2 rings (SSSR count). The van der Waals surface area contributed by atoms with Crippen molar-refractivity contribution in [3.8, 4) is 0 Å². The zero-order valence-corrected chi connectivity index (χ0v) is 13.0. The van der Waals surface area contributed by atoms with E-state index in [0.717, 1.165) is 12.1 Å². The van der Waals surface area contributed by atoms with E-state index in [4.69, 9.17) is 11.6 Å². The summed E-state index contributed by atoms with van der Waals surface area (Å²) in [7, 11) is 1.81. The van der Waals surface area contributed by atoms with E-state index < -0.39 is 0 Å². The van der Waals surface area contributed by atoms with E-state index in [1.807, 2.05) is 38.2 Å². The van der Waals surface area contributed by atoms with E-state index in [1.165, 1.54) is 0 Å². The largest absolute Gasteiger partial charge is 0.353 e. The number of pyridine rings is 1. The van der Waals surface area contributed by atoms with Gasteiger partial charge in [0.2, 0.25) is 0 Å². The third-order valence-corrected chi connectivity index (χ3v) is 3.61. The number of rotatable bonds is 6. The van der Waals surface area contributed by atoms with Crippen molar-refractivity contribution in [1.29, 1.82) is 0 Å². The fourth-order valence-corrected chi connectivity index (χ4v) is 2.29. The van der Waals surface area contributed by atoms with Crippen molar-refractivity contribution in [2.75, 3.05) is 18.5 Å².